The minimum absolute atomic E-state index is 0.000234. The van der Waals surface area contributed by atoms with Gasteiger partial charge in [0, 0.05) is 12.1 Å². The van der Waals surface area contributed by atoms with Crippen LogP contribution in [0.2, 0.25) is 0 Å². The number of hydrogen-bond acceptors (Lipinski definition) is 3. The number of nitrogens with zero attached hydrogens (tertiary/aromatic N) is 2. The summed E-state index contributed by atoms with van der Waals surface area (Å²) >= 11 is 0. The first-order valence-corrected chi connectivity index (χ1v) is 9.33. The van der Waals surface area contributed by atoms with Crippen LogP contribution in [-0.2, 0) is 14.4 Å². The highest BCUT2D eigenvalue weighted by atomic mass is 16.2. The van der Waals surface area contributed by atoms with Gasteiger partial charge in [0.2, 0.25) is 17.7 Å². The summed E-state index contributed by atoms with van der Waals surface area (Å²) in [7, 11) is 0. The molecule has 0 radical (unpaired) electrons. The van der Waals surface area contributed by atoms with Crippen molar-refractivity contribution in [2.75, 3.05) is 6.54 Å². The lowest BCUT2D eigenvalue weighted by molar-refractivity contribution is -0.147. The molecule has 0 aromatic carbocycles. The zero-order valence-electron chi connectivity index (χ0n) is 13.7. The fourth-order valence-electron chi connectivity index (χ4n) is 4.84. The van der Waals surface area contributed by atoms with Gasteiger partial charge in [0.15, 0.2) is 0 Å². The molecule has 3 saturated carbocycles. The Morgan fingerprint density at radius 3 is 1.83 bits per heavy atom. The zero-order valence-corrected chi connectivity index (χ0v) is 13.7. The van der Waals surface area contributed by atoms with E-state index in [-0.39, 0.29) is 36.1 Å². The molecule has 0 spiro atoms. The SMILES string of the molecule is O=C1C2CCCCC2C(=O)N1CC(=O)N(C1CCCC1)C1CC1. The molecule has 4 rings (SSSR count). The maximum absolute atomic E-state index is 12.8. The Labute approximate surface area is 137 Å². The number of amides is 3. The first-order chi connectivity index (χ1) is 11.2. The maximum atomic E-state index is 12.8. The lowest BCUT2D eigenvalue weighted by Crippen LogP contribution is -2.47. The molecule has 2 unspecified atom stereocenters. The van der Waals surface area contributed by atoms with Crippen molar-refractivity contribution >= 4 is 17.7 Å². The number of carbonyl (C=O) groups is 3. The van der Waals surface area contributed by atoms with E-state index in [0.29, 0.717) is 12.1 Å². The van der Waals surface area contributed by atoms with E-state index in [4.69, 9.17) is 0 Å². The standard InChI is InChI=1S/C18H26N2O3/c21-16(20(13-9-10-13)12-5-1-2-6-12)11-19-17(22)14-7-3-4-8-15(14)18(19)23/h12-15H,1-11H2. The van der Waals surface area contributed by atoms with Crippen LogP contribution >= 0.6 is 0 Å². The highest BCUT2D eigenvalue weighted by molar-refractivity contribution is 6.07. The molecule has 0 aromatic heterocycles. The van der Waals surface area contributed by atoms with Crippen molar-refractivity contribution in [2.45, 2.75) is 76.3 Å². The molecule has 23 heavy (non-hydrogen) atoms. The molecule has 1 aliphatic heterocycles. The van der Waals surface area contributed by atoms with Gasteiger partial charge in [-0.3, -0.25) is 19.3 Å². The molecule has 3 amide bonds. The van der Waals surface area contributed by atoms with Crippen molar-refractivity contribution in [3.8, 4) is 0 Å². The van der Waals surface area contributed by atoms with E-state index < -0.39 is 0 Å². The van der Waals surface area contributed by atoms with Crippen LogP contribution < -0.4 is 0 Å². The Kier molecular flexibility index (Phi) is 3.90. The molecule has 5 heteroatoms. The molecule has 0 N–H and O–H groups in total. The second kappa shape index (κ2) is 5.91. The third kappa shape index (κ3) is 2.68. The largest absolute Gasteiger partial charge is 0.335 e. The number of likely N-dealkylation sites (tertiary alicyclic amines) is 1. The van der Waals surface area contributed by atoms with Gasteiger partial charge < -0.3 is 4.90 Å². The van der Waals surface area contributed by atoms with Gasteiger partial charge in [0.1, 0.15) is 6.54 Å². The molecule has 1 saturated heterocycles. The molecule has 0 bridgehead atoms. The molecule has 0 aromatic rings. The van der Waals surface area contributed by atoms with E-state index in [2.05, 4.69) is 0 Å². The molecule has 3 aliphatic carbocycles. The van der Waals surface area contributed by atoms with E-state index in [9.17, 15) is 14.4 Å². The molecule has 1 heterocycles. The van der Waals surface area contributed by atoms with E-state index in [1.165, 1.54) is 17.7 Å². The third-order valence-electron chi connectivity index (χ3n) is 6.17. The average molecular weight is 318 g/mol. The van der Waals surface area contributed by atoms with E-state index in [1.807, 2.05) is 4.90 Å². The van der Waals surface area contributed by atoms with Gasteiger partial charge in [-0.05, 0) is 38.5 Å². The van der Waals surface area contributed by atoms with Crippen molar-refractivity contribution in [3.63, 3.8) is 0 Å². The van der Waals surface area contributed by atoms with Crippen molar-refractivity contribution in [2.24, 2.45) is 11.8 Å². The van der Waals surface area contributed by atoms with Crippen LogP contribution in [0.1, 0.15) is 64.2 Å². The number of imide groups is 1. The van der Waals surface area contributed by atoms with Crippen molar-refractivity contribution in [1.29, 1.82) is 0 Å². The summed E-state index contributed by atoms with van der Waals surface area (Å²) in [6.07, 6.45) is 10.4. The van der Waals surface area contributed by atoms with Gasteiger partial charge in [-0.15, -0.1) is 0 Å². The quantitative estimate of drug-likeness (QED) is 0.746. The van der Waals surface area contributed by atoms with Crippen molar-refractivity contribution < 1.29 is 14.4 Å². The lowest BCUT2D eigenvalue weighted by atomic mass is 9.81. The van der Waals surface area contributed by atoms with Crippen LogP contribution in [0.25, 0.3) is 0 Å². The van der Waals surface area contributed by atoms with Crippen LogP contribution in [0.15, 0.2) is 0 Å². The maximum Gasteiger partial charge on any atom is 0.243 e. The molecule has 2 atom stereocenters. The van der Waals surface area contributed by atoms with E-state index in [1.54, 1.807) is 0 Å². The monoisotopic (exact) mass is 318 g/mol. The predicted molar refractivity (Wildman–Crippen MR) is 84.3 cm³/mol. The van der Waals surface area contributed by atoms with Gasteiger partial charge in [-0.2, -0.15) is 0 Å². The van der Waals surface area contributed by atoms with Gasteiger partial charge in [0.05, 0.1) is 11.8 Å². The highest BCUT2D eigenvalue weighted by Crippen LogP contribution is 2.39. The van der Waals surface area contributed by atoms with Crippen LogP contribution in [0, 0.1) is 11.8 Å². The minimum Gasteiger partial charge on any atom is -0.335 e. The highest BCUT2D eigenvalue weighted by Gasteiger charge is 2.49. The summed E-state index contributed by atoms with van der Waals surface area (Å²) in [5.41, 5.74) is 0. The second-order valence-corrected chi connectivity index (χ2v) is 7.73. The van der Waals surface area contributed by atoms with Crippen molar-refractivity contribution in [3.05, 3.63) is 0 Å². The molecule has 5 nitrogen and oxygen atoms in total. The van der Waals surface area contributed by atoms with E-state index >= 15 is 0 Å². The minimum atomic E-state index is -0.148. The van der Waals surface area contributed by atoms with Crippen LogP contribution in [-0.4, -0.2) is 46.1 Å². The van der Waals surface area contributed by atoms with E-state index in [0.717, 1.165) is 51.4 Å². The van der Waals surface area contributed by atoms with Crippen LogP contribution in [0.4, 0.5) is 0 Å². The number of carbonyl (C=O) groups excluding carboxylic acids is 3. The second-order valence-electron chi connectivity index (χ2n) is 7.73. The number of rotatable bonds is 4. The first-order valence-electron chi connectivity index (χ1n) is 9.33. The summed E-state index contributed by atoms with van der Waals surface area (Å²) in [4.78, 5) is 41.3. The summed E-state index contributed by atoms with van der Waals surface area (Å²) in [6, 6.07) is 0.700. The Morgan fingerprint density at radius 2 is 1.30 bits per heavy atom. The lowest BCUT2D eigenvalue weighted by Gasteiger charge is -2.30. The van der Waals surface area contributed by atoms with Gasteiger partial charge in [-0.25, -0.2) is 0 Å². The smallest absolute Gasteiger partial charge is 0.243 e. The topological polar surface area (TPSA) is 57.7 Å². The summed E-state index contributed by atoms with van der Waals surface area (Å²) in [5, 5.41) is 0. The van der Waals surface area contributed by atoms with Gasteiger partial charge in [-0.1, -0.05) is 25.7 Å². The Balaban J connectivity index is 1.46. The van der Waals surface area contributed by atoms with Gasteiger partial charge >= 0.3 is 0 Å². The van der Waals surface area contributed by atoms with Crippen LogP contribution in [0.3, 0.4) is 0 Å². The zero-order chi connectivity index (χ0) is 16.0. The molecular formula is C18H26N2O3. The van der Waals surface area contributed by atoms with Gasteiger partial charge in [0.25, 0.3) is 0 Å². The predicted octanol–water partition coefficient (Wildman–Crippen LogP) is 2.10. The fraction of sp³-hybridized carbons (Fsp3) is 0.833. The Hall–Kier alpha value is -1.39. The summed E-state index contributed by atoms with van der Waals surface area (Å²) in [6.45, 7) is -0.0162. The number of fused-ring (bicyclic) bond motifs is 1. The average Bonchev–Trinajstić information content (AvgIpc) is 3.19. The first kappa shape index (κ1) is 15.2. The van der Waals surface area contributed by atoms with Crippen molar-refractivity contribution in [1.82, 2.24) is 9.80 Å². The molecule has 126 valence electrons. The third-order valence-corrected chi connectivity index (χ3v) is 6.17. The summed E-state index contributed by atoms with van der Waals surface area (Å²) in [5.74, 6) is -0.472. The molecular weight excluding hydrogens is 292 g/mol. The Bertz CT molecular complexity index is 498. The summed E-state index contributed by atoms with van der Waals surface area (Å²) < 4.78 is 0. The molecule has 4 aliphatic rings. The normalized spacial score (nSPS) is 31.6. The Morgan fingerprint density at radius 1 is 0.826 bits per heavy atom. The fourth-order valence-corrected chi connectivity index (χ4v) is 4.84. The van der Waals surface area contributed by atoms with Crippen LogP contribution in [0.5, 0.6) is 0 Å². The number of hydrogen-bond donors (Lipinski definition) is 0. The molecule has 4 fully saturated rings.